The maximum Gasteiger partial charge on any atom is 0.339 e. The summed E-state index contributed by atoms with van der Waals surface area (Å²) in [6.45, 7) is 20.4. The second kappa shape index (κ2) is 8.78. The highest BCUT2D eigenvalue weighted by Gasteiger charge is 2.70. The normalized spacial score (nSPS) is 51.8. The summed E-state index contributed by atoms with van der Waals surface area (Å²) in [6, 6.07) is 0. The summed E-state index contributed by atoms with van der Waals surface area (Å²) >= 11 is 11.7. The fraction of sp³-hybridized carbons (Fsp3) is 0.969. The Labute approximate surface area is 231 Å². The molecule has 0 saturated heterocycles. The van der Waals surface area contributed by atoms with E-state index < -0.39 is 10.8 Å². The molecule has 0 aromatic heterocycles. The maximum atomic E-state index is 12.3. The largest absolute Gasteiger partial charge is 0.460 e. The molecule has 5 fully saturated rings. The molecular weight excluding hydrogens is 487 g/mol. The van der Waals surface area contributed by atoms with Crippen LogP contribution in [0, 0.1) is 62.6 Å². The first-order chi connectivity index (χ1) is 16.6. The SMILES string of the molecule is CC(C)[C@@H]1CC[C@]2(C)CC[C@]3(C)[C@H](CC[C@@H]4[C@]5(C)CC[C@@H](OC(=O)C(Cl)Cl)C(C)(C)[C@@H]5CC[C@]43C)[C@@H]12. The van der Waals surface area contributed by atoms with Gasteiger partial charge in [-0.1, -0.05) is 78.6 Å². The van der Waals surface area contributed by atoms with Gasteiger partial charge in [0.2, 0.25) is 4.84 Å². The number of hydrogen-bond acceptors (Lipinski definition) is 2. The number of hydrogen-bond donors (Lipinski definition) is 0. The van der Waals surface area contributed by atoms with Gasteiger partial charge in [0.15, 0.2) is 0 Å². The summed E-state index contributed by atoms with van der Waals surface area (Å²) in [5.41, 5.74) is 1.62. The van der Waals surface area contributed by atoms with E-state index in [2.05, 4.69) is 55.4 Å². The Balaban J connectivity index is 1.46. The lowest BCUT2D eigenvalue weighted by atomic mass is 9.32. The number of halogens is 2. The first kappa shape index (κ1) is 27.6. The Morgan fingerprint density at radius 3 is 2.11 bits per heavy atom. The molecule has 0 N–H and O–H groups in total. The first-order valence-electron chi connectivity index (χ1n) is 15.1. The highest BCUT2D eigenvalue weighted by atomic mass is 35.5. The molecule has 5 saturated carbocycles. The van der Waals surface area contributed by atoms with Crippen molar-refractivity contribution in [3.63, 3.8) is 0 Å². The van der Waals surface area contributed by atoms with Gasteiger partial charge in [-0.25, -0.2) is 4.79 Å². The van der Waals surface area contributed by atoms with Crippen LogP contribution in [0.5, 0.6) is 0 Å². The minimum Gasteiger partial charge on any atom is -0.460 e. The fourth-order valence-corrected chi connectivity index (χ4v) is 12.2. The van der Waals surface area contributed by atoms with Gasteiger partial charge in [0.25, 0.3) is 0 Å². The van der Waals surface area contributed by atoms with Crippen LogP contribution in [0.15, 0.2) is 0 Å². The van der Waals surface area contributed by atoms with E-state index in [-0.39, 0.29) is 11.5 Å². The number of carbonyl (C=O) groups is 1. The van der Waals surface area contributed by atoms with Crippen molar-refractivity contribution in [2.24, 2.45) is 62.6 Å². The summed E-state index contributed by atoms with van der Waals surface area (Å²) < 4.78 is 5.92. The van der Waals surface area contributed by atoms with Crippen LogP contribution in [-0.2, 0) is 9.53 Å². The molecule has 206 valence electrons. The standard InChI is InChI=1S/C32H52Cl2O2/c1-19(2)20-11-14-29(5)17-18-31(7)21(25(20)29)9-10-23-30(6)15-13-24(36-27(35)26(33)34)28(3,4)22(30)12-16-32(23,31)8/h19-26H,9-18H2,1-8H3/t20-,21+,22-,23+,24+,25+,29+,30+,31+,32+/m0/s1. The average molecular weight is 540 g/mol. The molecule has 4 heteroatoms. The second-order valence-electron chi connectivity index (χ2n) is 15.9. The Bertz CT molecular complexity index is 883. The van der Waals surface area contributed by atoms with E-state index in [0.29, 0.717) is 27.6 Å². The molecule has 5 rings (SSSR count). The van der Waals surface area contributed by atoms with Crippen LogP contribution in [0.1, 0.15) is 120 Å². The topological polar surface area (TPSA) is 26.3 Å². The van der Waals surface area contributed by atoms with Gasteiger partial charge < -0.3 is 4.74 Å². The third-order valence-electron chi connectivity index (χ3n) is 14.1. The zero-order valence-electron chi connectivity index (χ0n) is 24.3. The quantitative estimate of drug-likeness (QED) is 0.264. The highest BCUT2D eigenvalue weighted by molar-refractivity contribution is 6.52. The van der Waals surface area contributed by atoms with Crippen LogP contribution in [0.2, 0.25) is 0 Å². The third-order valence-corrected chi connectivity index (χ3v) is 14.5. The molecule has 0 amide bonds. The minimum atomic E-state index is -1.10. The van der Waals surface area contributed by atoms with E-state index in [0.717, 1.165) is 42.4 Å². The summed E-state index contributed by atoms with van der Waals surface area (Å²) in [5, 5.41) is 0. The van der Waals surface area contributed by atoms with E-state index in [1.165, 1.54) is 51.4 Å². The Hall–Kier alpha value is 0.0500. The molecule has 2 nitrogen and oxygen atoms in total. The van der Waals surface area contributed by atoms with Gasteiger partial charge in [-0.2, -0.15) is 0 Å². The Morgan fingerprint density at radius 2 is 1.47 bits per heavy atom. The summed E-state index contributed by atoms with van der Waals surface area (Å²) in [6.07, 6.45) is 13.1. The van der Waals surface area contributed by atoms with Crippen molar-refractivity contribution >= 4 is 29.2 Å². The Kier molecular flexibility index (Phi) is 6.73. The fourth-order valence-electron chi connectivity index (χ4n) is 12.1. The maximum absolute atomic E-state index is 12.3. The van der Waals surface area contributed by atoms with Crippen LogP contribution in [-0.4, -0.2) is 16.9 Å². The third kappa shape index (κ3) is 3.64. The van der Waals surface area contributed by atoms with Crippen molar-refractivity contribution in [2.45, 2.75) is 131 Å². The molecule has 10 atom stereocenters. The van der Waals surface area contributed by atoms with Crippen LogP contribution in [0.25, 0.3) is 0 Å². The molecule has 36 heavy (non-hydrogen) atoms. The second-order valence-corrected chi connectivity index (χ2v) is 17.0. The van der Waals surface area contributed by atoms with Crippen LogP contribution < -0.4 is 0 Å². The van der Waals surface area contributed by atoms with Crippen LogP contribution >= 0.6 is 23.2 Å². The number of esters is 1. The van der Waals surface area contributed by atoms with E-state index in [1.807, 2.05) is 0 Å². The van der Waals surface area contributed by atoms with Crippen molar-refractivity contribution in [3.05, 3.63) is 0 Å². The lowest BCUT2D eigenvalue weighted by Crippen LogP contribution is -2.66. The van der Waals surface area contributed by atoms with Crippen LogP contribution in [0.4, 0.5) is 0 Å². The molecule has 0 unspecified atom stereocenters. The van der Waals surface area contributed by atoms with Gasteiger partial charge in [0.05, 0.1) is 0 Å². The van der Waals surface area contributed by atoms with Crippen molar-refractivity contribution in [1.82, 2.24) is 0 Å². The molecule has 0 aromatic rings. The van der Waals surface area contributed by atoms with Gasteiger partial charge in [-0.3, -0.25) is 0 Å². The van der Waals surface area contributed by atoms with Crippen LogP contribution in [0.3, 0.4) is 0 Å². The molecule has 5 aliphatic rings. The van der Waals surface area contributed by atoms with Crippen molar-refractivity contribution in [1.29, 1.82) is 0 Å². The van der Waals surface area contributed by atoms with Gasteiger partial charge in [0, 0.05) is 5.41 Å². The lowest BCUT2D eigenvalue weighted by Gasteiger charge is -2.73. The van der Waals surface area contributed by atoms with Gasteiger partial charge in [-0.15, -0.1) is 0 Å². The van der Waals surface area contributed by atoms with Crippen molar-refractivity contribution in [2.75, 3.05) is 0 Å². The summed E-state index contributed by atoms with van der Waals surface area (Å²) in [4.78, 5) is 11.2. The number of rotatable bonds is 3. The monoisotopic (exact) mass is 538 g/mol. The number of ether oxygens (including phenoxy) is 1. The minimum absolute atomic E-state index is 0.0657. The van der Waals surface area contributed by atoms with E-state index >= 15 is 0 Å². The van der Waals surface area contributed by atoms with Crippen molar-refractivity contribution in [3.8, 4) is 0 Å². The van der Waals surface area contributed by atoms with Gasteiger partial charge in [-0.05, 0) is 121 Å². The predicted molar refractivity (Wildman–Crippen MR) is 150 cm³/mol. The van der Waals surface area contributed by atoms with E-state index in [4.69, 9.17) is 27.9 Å². The van der Waals surface area contributed by atoms with Gasteiger partial charge in [0.1, 0.15) is 6.10 Å². The molecule has 0 aliphatic heterocycles. The van der Waals surface area contributed by atoms with Gasteiger partial charge >= 0.3 is 5.97 Å². The summed E-state index contributed by atoms with van der Waals surface area (Å²) in [5.74, 6) is 4.32. The smallest absolute Gasteiger partial charge is 0.339 e. The molecule has 0 radical (unpaired) electrons. The molecule has 0 bridgehead atoms. The molecule has 0 heterocycles. The number of carbonyl (C=O) groups excluding carboxylic acids is 1. The molecule has 0 spiro atoms. The molecular formula is C32H52Cl2O2. The number of fused-ring (bicyclic) bond motifs is 7. The Morgan fingerprint density at radius 1 is 0.778 bits per heavy atom. The lowest BCUT2D eigenvalue weighted by molar-refractivity contribution is -0.250. The molecule has 5 aliphatic carbocycles. The predicted octanol–water partition coefficient (Wildman–Crippen LogP) is 9.46. The first-order valence-corrected chi connectivity index (χ1v) is 16.0. The zero-order valence-corrected chi connectivity index (χ0v) is 25.8. The molecule has 0 aromatic carbocycles. The average Bonchev–Trinajstić information content (AvgIpc) is 3.14. The zero-order chi connectivity index (χ0) is 26.5. The van der Waals surface area contributed by atoms with Crippen molar-refractivity contribution < 1.29 is 9.53 Å². The summed E-state index contributed by atoms with van der Waals surface area (Å²) in [7, 11) is 0. The van der Waals surface area contributed by atoms with E-state index in [9.17, 15) is 4.79 Å². The number of alkyl halides is 2. The highest BCUT2D eigenvalue weighted by Crippen LogP contribution is 2.77. The van der Waals surface area contributed by atoms with E-state index in [1.54, 1.807) is 0 Å².